The maximum atomic E-state index is 4.75. The monoisotopic (exact) mass is 320 g/mol. The number of aromatic nitrogens is 3. The Morgan fingerprint density at radius 3 is 2.83 bits per heavy atom. The molecule has 1 aliphatic rings. The Balaban J connectivity index is 1.52. The Morgan fingerprint density at radius 1 is 1.21 bits per heavy atom. The minimum Gasteiger partial charge on any atom is -0.298 e. The highest BCUT2D eigenvalue weighted by Crippen LogP contribution is 2.28. The molecule has 0 amide bonds. The van der Waals surface area contributed by atoms with Gasteiger partial charge in [0.2, 0.25) is 0 Å². The van der Waals surface area contributed by atoms with Crippen molar-refractivity contribution in [3.63, 3.8) is 0 Å². The molecule has 1 fully saturated rings. The summed E-state index contributed by atoms with van der Waals surface area (Å²) in [5.41, 5.74) is 3.72. The van der Waals surface area contributed by atoms with Crippen LogP contribution in [0.1, 0.15) is 35.7 Å². The fourth-order valence-corrected chi connectivity index (χ4v) is 3.81. The lowest BCUT2D eigenvalue weighted by atomic mass is 9.93. The number of nitrogens with zero attached hydrogens (tertiary/aromatic N) is 4. The minimum absolute atomic E-state index is 0.528. The van der Waals surface area contributed by atoms with Crippen molar-refractivity contribution in [3.05, 3.63) is 59.7 Å². The number of pyridine rings is 1. The quantitative estimate of drug-likeness (QED) is 0.738. The number of benzene rings is 1. The molecule has 0 saturated carbocycles. The summed E-state index contributed by atoms with van der Waals surface area (Å²) in [5, 5.41) is 6.98. The molecule has 4 rings (SSSR count). The van der Waals surface area contributed by atoms with Crippen LogP contribution in [0.25, 0.3) is 10.8 Å². The molecule has 2 aromatic heterocycles. The molecule has 0 radical (unpaired) electrons. The van der Waals surface area contributed by atoms with Gasteiger partial charge in [-0.3, -0.25) is 14.6 Å². The average Bonchev–Trinajstić information content (AvgIpc) is 2.92. The van der Waals surface area contributed by atoms with E-state index in [0.717, 1.165) is 18.8 Å². The summed E-state index contributed by atoms with van der Waals surface area (Å²) in [5.74, 6) is 0.528. The van der Waals surface area contributed by atoms with Crippen LogP contribution >= 0.6 is 0 Å². The molecule has 1 aliphatic heterocycles. The average molecular weight is 320 g/mol. The topological polar surface area (TPSA) is 34.0 Å². The third kappa shape index (κ3) is 3.06. The fourth-order valence-electron chi connectivity index (χ4n) is 3.81. The molecular weight excluding hydrogens is 296 g/mol. The molecule has 24 heavy (non-hydrogen) atoms. The van der Waals surface area contributed by atoms with Crippen molar-refractivity contribution >= 4 is 10.8 Å². The summed E-state index contributed by atoms with van der Waals surface area (Å²) >= 11 is 0. The van der Waals surface area contributed by atoms with Gasteiger partial charge >= 0.3 is 0 Å². The summed E-state index contributed by atoms with van der Waals surface area (Å²) < 4.78 is 1.91. The lowest BCUT2D eigenvalue weighted by Gasteiger charge is -2.32. The zero-order valence-corrected chi connectivity index (χ0v) is 14.4. The zero-order chi connectivity index (χ0) is 16.5. The van der Waals surface area contributed by atoms with E-state index in [0.29, 0.717) is 5.92 Å². The van der Waals surface area contributed by atoms with Crippen LogP contribution in [0.5, 0.6) is 0 Å². The molecule has 3 heterocycles. The molecule has 1 saturated heterocycles. The molecule has 4 heteroatoms. The summed E-state index contributed by atoms with van der Waals surface area (Å²) in [7, 11) is 1.99. The van der Waals surface area contributed by atoms with E-state index in [1.54, 1.807) is 0 Å². The molecule has 1 aromatic carbocycles. The second-order valence-electron chi connectivity index (χ2n) is 6.94. The van der Waals surface area contributed by atoms with Crippen molar-refractivity contribution in [1.29, 1.82) is 0 Å². The molecule has 4 nitrogen and oxygen atoms in total. The second kappa shape index (κ2) is 6.36. The molecule has 1 atom stereocenters. The number of hydrogen-bond acceptors (Lipinski definition) is 3. The summed E-state index contributed by atoms with van der Waals surface area (Å²) in [6.07, 6.45) is 6.63. The van der Waals surface area contributed by atoms with E-state index < -0.39 is 0 Å². The molecule has 3 aromatic rings. The summed E-state index contributed by atoms with van der Waals surface area (Å²) in [6, 6.07) is 10.8. The van der Waals surface area contributed by atoms with E-state index in [4.69, 9.17) is 4.98 Å². The van der Waals surface area contributed by atoms with Gasteiger partial charge in [-0.1, -0.05) is 24.3 Å². The Hall–Kier alpha value is -2.20. The molecule has 0 aliphatic carbocycles. The van der Waals surface area contributed by atoms with Crippen LogP contribution in [-0.2, 0) is 13.6 Å². The summed E-state index contributed by atoms with van der Waals surface area (Å²) in [6.45, 7) is 5.34. The normalized spacial score (nSPS) is 19.0. The van der Waals surface area contributed by atoms with Gasteiger partial charge in [-0.25, -0.2) is 0 Å². The molecule has 0 bridgehead atoms. The van der Waals surface area contributed by atoms with Gasteiger partial charge in [0.1, 0.15) is 0 Å². The van der Waals surface area contributed by atoms with Gasteiger partial charge in [-0.05, 0) is 37.8 Å². The fraction of sp³-hybridized carbons (Fsp3) is 0.400. The van der Waals surface area contributed by atoms with Gasteiger partial charge in [0.25, 0.3) is 0 Å². The predicted molar refractivity (Wildman–Crippen MR) is 96.9 cm³/mol. The first-order valence-corrected chi connectivity index (χ1v) is 8.75. The van der Waals surface area contributed by atoms with E-state index in [-0.39, 0.29) is 0 Å². The zero-order valence-electron chi connectivity index (χ0n) is 14.4. The Bertz CT molecular complexity index is 852. The van der Waals surface area contributed by atoms with E-state index in [1.165, 1.54) is 41.4 Å². The largest absolute Gasteiger partial charge is 0.298 e. The first kappa shape index (κ1) is 15.3. The first-order chi connectivity index (χ1) is 11.7. The van der Waals surface area contributed by atoms with Crippen molar-refractivity contribution in [2.75, 3.05) is 13.1 Å². The number of fused-ring (bicyclic) bond motifs is 1. The minimum atomic E-state index is 0.528. The standard InChI is InChI=1S/C20H24N4/c1-15-19(12-23(2)22-15)14-24-9-5-8-18(13-24)20-10-16-6-3-4-7-17(16)11-21-20/h3-4,6-7,10-12,18H,5,8-9,13-14H2,1-2H3/t18-/m1/s1. The van der Waals surface area contributed by atoms with E-state index in [9.17, 15) is 0 Å². The predicted octanol–water partition coefficient (Wildman–Crippen LogP) is 3.66. The van der Waals surface area contributed by atoms with E-state index >= 15 is 0 Å². The van der Waals surface area contributed by atoms with Crippen LogP contribution in [-0.4, -0.2) is 32.8 Å². The van der Waals surface area contributed by atoms with Crippen molar-refractivity contribution in [2.45, 2.75) is 32.2 Å². The highest BCUT2D eigenvalue weighted by molar-refractivity contribution is 5.81. The van der Waals surface area contributed by atoms with Crippen molar-refractivity contribution in [1.82, 2.24) is 19.7 Å². The third-order valence-corrected chi connectivity index (χ3v) is 5.08. The molecule has 124 valence electrons. The van der Waals surface area contributed by atoms with Crippen molar-refractivity contribution in [2.24, 2.45) is 7.05 Å². The van der Waals surface area contributed by atoms with Crippen molar-refractivity contribution in [3.8, 4) is 0 Å². The SMILES string of the molecule is Cc1nn(C)cc1CN1CCC[C@@H](c2cc3ccccc3cn2)C1. The molecule has 0 spiro atoms. The van der Waals surface area contributed by atoms with E-state index in [2.05, 4.69) is 53.5 Å². The lowest BCUT2D eigenvalue weighted by Crippen LogP contribution is -2.34. The van der Waals surface area contributed by atoms with Crippen LogP contribution in [0, 0.1) is 6.92 Å². The van der Waals surface area contributed by atoms with Crippen LogP contribution < -0.4 is 0 Å². The maximum absolute atomic E-state index is 4.75. The molecule has 0 N–H and O–H groups in total. The van der Waals surface area contributed by atoms with Gasteiger partial charge in [0, 0.05) is 55.1 Å². The van der Waals surface area contributed by atoms with E-state index in [1.807, 2.05) is 17.9 Å². The van der Waals surface area contributed by atoms with Gasteiger partial charge in [-0.15, -0.1) is 0 Å². The highest BCUT2D eigenvalue weighted by atomic mass is 15.3. The maximum Gasteiger partial charge on any atom is 0.0638 e. The summed E-state index contributed by atoms with van der Waals surface area (Å²) in [4.78, 5) is 7.30. The smallest absolute Gasteiger partial charge is 0.0638 e. The van der Waals surface area contributed by atoms with Gasteiger partial charge in [-0.2, -0.15) is 5.10 Å². The number of likely N-dealkylation sites (tertiary alicyclic amines) is 1. The number of hydrogen-bond donors (Lipinski definition) is 0. The van der Waals surface area contributed by atoms with Crippen LogP contribution in [0.3, 0.4) is 0 Å². The Labute approximate surface area is 143 Å². The highest BCUT2D eigenvalue weighted by Gasteiger charge is 2.23. The molecular formula is C20H24N4. The lowest BCUT2D eigenvalue weighted by molar-refractivity contribution is 0.198. The van der Waals surface area contributed by atoms with Gasteiger partial charge < -0.3 is 0 Å². The second-order valence-corrected chi connectivity index (χ2v) is 6.94. The van der Waals surface area contributed by atoms with Gasteiger partial charge in [0.15, 0.2) is 0 Å². The van der Waals surface area contributed by atoms with Crippen molar-refractivity contribution < 1.29 is 0 Å². The first-order valence-electron chi connectivity index (χ1n) is 8.75. The number of piperidine rings is 1. The Kier molecular flexibility index (Phi) is 4.07. The number of rotatable bonds is 3. The van der Waals surface area contributed by atoms with Crippen LogP contribution in [0.2, 0.25) is 0 Å². The molecule has 0 unspecified atom stereocenters. The number of aryl methyl sites for hydroxylation is 2. The van der Waals surface area contributed by atoms with Gasteiger partial charge in [0.05, 0.1) is 5.69 Å². The van der Waals surface area contributed by atoms with Crippen LogP contribution in [0.4, 0.5) is 0 Å². The third-order valence-electron chi connectivity index (χ3n) is 5.08. The Morgan fingerprint density at radius 2 is 2.04 bits per heavy atom. The van der Waals surface area contributed by atoms with Crippen LogP contribution in [0.15, 0.2) is 42.7 Å².